The van der Waals surface area contributed by atoms with Crippen molar-refractivity contribution in [1.82, 2.24) is 0 Å². The molecule has 1 aromatic carbocycles. The molecule has 0 aliphatic carbocycles. The average molecular weight is 219 g/mol. The number of benzene rings is 1. The van der Waals surface area contributed by atoms with Gasteiger partial charge in [0, 0.05) is 5.69 Å². The van der Waals surface area contributed by atoms with Crippen LogP contribution < -0.4 is 5.73 Å². The number of aryl methyl sites for hydroxylation is 1. The van der Waals surface area contributed by atoms with E-state index in [0.29, 0.717) is 0 Å². The second-order valence-electron chi connectivity index (χ2n) is 3.08. The molecule has 0 aliphatic heterocycles. The molecule has 15 heavy (non-hydrogen) atoms. The lowest BCUT2D eigenvalue weighted by Crippen LogP contribution is -1.88. The molecule has 0 atom stereocenters. The summed E-state index contributed by atoms with van der Waals surface area (Å²) in [5.74, 6) is 0. The Morgan fingerprint density at radius 2 is 1.80 bits per heavy atom. The predicted molar refractivity (Wildman–Crippen MR) is 70.3 cm³/mol. The highest BCUT2D eigenvalue weighted by atomic mass is 32.1. The first-order valence-electron chi connectivity index (χ1n) is 5.16. The summed E-state index contributed by atoms with van der Waals surface area (Å²) in [5, 5.41) is 4.23. The summed E-state index contributed by atoms with van der Waals surface area (Å²) in [6.07, 6.45) is 0. The van der Waals surface area contributed by atoms with Crippen LogP contribution in [0.25, 0.3) is 11.1 Å². The molecule has 2 heteroatoms. The molecule has 0 aliphatic rings. The first kappa shape index (κ1) is 11.8. The second-order valence-corrected chi connectivity index (χ2v) is 3.86. The van der Waals surface area contributed by atoms with E-state index >= 15 is 0 Å². The quantitative estimate of drug-likeness (QED) is 0.710. The van der Waals surface area contributed by atoms with Gasteiger partial charge in [-0.25, -0.2) is 0 Å². The average Bonchev–Trinajstić information content (AvgIpc) is 2.78. The normalized spacial score (nSPS) is 9.27. The Bertz CT molecular complexity index is 404. The van der Waals surface area contributed by atoms with Crippen LogP contribution in [0.4, 0.5) is 5.69 Å². The first-order valence-corrected chi connectivity index (χ1v) is 6.10. The SMILES string of the molecule is CC.Cc1cc(-c2ccsc2)ccc1N. The second kappa shape index (κ2) is 5.56. The number of hydrogen-bond acceptors (Lipinski definition) is 2. The Kier molecular flexibility index (Phi) is 4.37. The van der Waals surface area contributed by atoms with Crippen molar-refractivity contribution in [2.24, 2.45) is 0 Å². The maximum Gasteiger partial charge on any atom is 0.0344 e. The van der Waals surface area contributed by atoms with Crippen LogP contribution in [0.15, 0.2) is 35.0 Å². The molecule has 1 nitrogen and oxygen atoms in total. The van der Waals surface area contributed by atoms with E-state index in [-0.39, 0.29) is 0 Å². The largest absolute Gasteiger partial charge is 0.399 e. The molecule has 0 unspecified atom stereocenters. The lowest BCUT2D eigenvalue weighted by Gasteiger charge is -2.02. The van der Waals surface area contributed by atoms with E-state index in [1.165, 1.54) is 11.1 Å². The van der Waals surface area contributed by atoms with Crippen LogP contribution in [-0.2, 0) is 0 Å². The summed E-state index contributed by atoms with van der Waals surface area (Å²) in [5.41, 5.74) is 10.3. The highest BCUT2D eigenvalue weighted by Gasteiger charge is 1.99. The monoisotopic (exact) mass is 219 g/mol. The topological polar surface area (TPSA) is 26.0 Å². The van der Waals surface area contributed by atoms with E-state index in [9.17, 15) is 0 Å². The molecule has 2 rings (SSSR count). The first-order chi connectivity index (χ1) is 7.27. The molecule has 1 aromatic heterocycles. The molecule has 0 spiro atoms. The molecule has 0 bridgehead atoms. The van der Waals surface area contributed by atoms with Crippen molar-refractivity contribution in [2.75, 3.05) is 5.73 Å². The van der Waals surface area contributed by atoms with Gasteiger partial charge in [0.25, 0.3) is 0 Å². The predicted octanol–water partition coefficient (Wildman–Crippen LogP) is 4.33. The molecule has 0 saturated carbocycles. The Morgan fingerprint density at radius 3 is 2.33 bits per heavy atom. The molecule has 80 valence electrons. The van der Waals surface area contributed by atoms with Gasteiger partial charge in [-0.3, -0.25) is 0 Å². The molecular formula is C13H17NS. The smallest absolute Gasteiger partial charge is 0.0344 e. The van der Waals surface area contributed by atoms with Gasteiger partial charge in [0.1, 0.15) is 0 Å². The zero-order valence-corrected chi connectivity index (χ0v) is 10.3. The minimum absolute atomic E-state index is 0.860. The Hall–Kier alpha value is -1.28. The Morgan fingerprint density at radius 1 is 1.07 bits per heavy atom. The number of nitrogen functional groups attached to an aromatic ring is 1. The Labute approximate surface area is 95.6 Å². The van der Waals surface area contributed by atoms with Crippen LogP contribution >= 0.6 is 11.3 Å². The lowest BCUT2D eigenvalue weighted by molar-refractivity contribution is 1.47. The molecule has 1 heterocycles. The number of rotatable bonds is 1. The number of nitrogens with two attached hydrogens (primary N) is 1. The highest BCUT2D eigenvalue weighted by Crippen LogP contribution is 2.24. The van der Waals surface area contributed by atoms with Crippen molar-refractivity contribution >= 4 is 17.0 Å². The van der Waals surface area contributed by atoms with E-state index in [2.05, 4.69) is 29.0 Å². The number of hydrogen-bond donors (Lipinski definition) is 1. The summed E-state index contributed by atoms with van der Waals surface area (Å²) < 4.78 is 0. The molecule has 0 fully saturated rings. The third kappa shape index (κ3) is 2.83. The maximum absolute atomic E-state index is 5.74. The van der Waals surface area contributed by atoms with Crippen molar-refractivity contribution < 1.29 is 0 Å². The molecule has 0 saturated heterocycles. The van der Waals surface area contributed by atoms with Gasteiger partial charge in [0.2, 0.25) is 0 Å². The van der Waals surface area contributed by atoms with Gasteiger partial charge in [-0.1, -0.05) is 19.9 Å². The molecule has 2 N–H and O–H groups in total. The van der Waals surface area contributed by atoms with Crippen LogP contribution in [0.5, 0.6) is 0 Å². The fraction of sp³-hybridized carbons (Fsp3) is 0.231. The standard InChI is InChI=1S/C11H11NS.C2H6/c1-8-6-9(2-3-11(8)12)10-4-5-13-7-10;1-2/h2-7H,12H2,1H3;1-2H3. The van der Waals surface area contributed by atoms with Crippen LogP contribution in [-0.4, -0.2) is 0 Å². The summed E-state index contributed by atoms with van der Waals surface area (Å²) in [4.78, 5) is 0. The van der Waals surface area contributed by atoms with E-state index in [4.69, 9.17) is 5.73 Å². The third-order valence-electron chi connectivity index (χ3n) is 2.12. The summed E-state index contributed by atoms with van der Waals surface area (Å²) >= 11 is 1.71. The van der Waals surface area contributed by atoms with Gasteiger partial charge < -0.3 is 5.73 Å². The third-order valence-corrected chi connectivity index (χ3v) is 2.81. The molecule has 2 aromatic rings. The summed E-state index contributed by atoms with van der Waals surface area (Å²) in [6.45, 7) is 6.03. The van der Waals surface area contributed by atoms with Gasteiger partial charge in [-0.05, 0) is 52.6 Å². The molecular weight excluding hydrogens is 202 g/mol. The van der Waals surface area contributed by atoms with Gasteiger partial charge in [-0.15, -0.1) is 0 Å². The minimum Gasteiger partial charge on any atom is -0.399 e. The Balaban J connectivity index is 0.000000531. The van der Waals surface area contributed by atoms with Gasteiger partial charge in [0.15, 0.2) is 0 Å². The van der Waals surface area contributed by atoms with Gasteiger partial charge >= 0.3 is 0 Å². The van der Waals surface area contributed by atoms with Crippen molar-refractivity contribution in [3.8, 4) is 11.1 Å². The van der Waals surface area contributed by atoms with Crippen LogP contribution in [0, 0.1) is 6.92 Å². The van der Waals surface area contributed by atoms with Crippen LogP contribution in [0.1, 0.15) is 19.4 Å². The van der Waals surface area contributed by atoms with E-state index in [1.54, 1.807) is 11.3 Å². The van der Waals surface area contributed by atoms with Gasteiger partial charge in [-0.2, -0.15) is 11.3 Å². The van der Waals surface area contributed by atoms with Crippen molar-refractivity contribution in [3.63, 3.8) is 0 Å². The fourth-order valence-corrected chi connectivity index (χ4v) is 1.95. The van der Waals surface area contributed by atoms with Crippen LogP contribution in [0.2, 0.25) is 0 Å². The zero-order valence-electron chi connectivity index (χ0n) is 9.45. The van der Waals surface area contributed by atoms with Gasteiger partial charge in [0.05, 0.1) is 0 Å². The summed E-state index contributed by atoms with van der Waals surface area (Å²) in [7, 11) is 0. The zero-order chi connectivity index (χ0) is 11.3. The number of anilines is 1. The summed E-state index contributed by atoms with van der Waals surface area (Å²) in [6, 6.07) is 8.26. The maximum atomic E-state index is 5.74. The lowest BCUT2D eigenvalue weighted by atomic mass is 10.1. The van der Waals surface area contributed by atoms with E-state index in [1.807, 2.05) is 26.8 Å². The van der Waals surface area contributed by atoms with E-state index < -0.39 is 0 Å². The molecule has 0 radical (unpaired) electrons. The van der Waals surface area contributed by atoms with Crippen molar-refractivity contribution in [1.29, 1.82) is 0 Å². The van der Waals surface area contributed by atoms with Crippen molar-refractivity contribution in [3.05, 3.63) is 40.6 Å². The number of thiophene rings is 1. The van der Waals surface area contributed by atoms with E-state index in [0.717, 1.165) is 11.3 Å². The van der Waals surface area contributed by atoms with Crippen molar-refractivity contribution in [2.45, 2.75) is 20.8 Å². The molecule has 0 amide bonds. The highest BCUT2D eigenvalue weighted by molar-refractivity contribution is 7.08. The van der Waals surface area contributed by atoms with Crippen LogP contribution in [0.3, 0.4) is 0 Å². The minimum atomic E-state index is 0.860. The fourth-order valence-electron chi connectivity index (χ4n) is 1.28.